The van der Waals surface area contributed by atoms with Crippen molar-refractivity contribution in [3.63, 3.8) is 0 Å². The van der Waals surface area contributed by atoms with Crippen molar-refractivity contribution in [1.82, 2.24) is 10.6 Å². The molecule has 6 heteroatoms. The van der Waals surface area contributed by atoms with Gasteiger partial charge in [-0.15, -0.1) is 0 Å². The molecule has 0 heterocycles. The van der Waals surface area contributed by atoms with E-state index in [0.29, 0.717) is 6.54 Å². The van der Waals surface area contributed by atoms with Gasteiger partial charge in [-0.05, 0) is 55.4 Å². The maximum absolute atomic E-state index is 12.4. The highest BCUT2D eigenvalue weighted by molar-refractivity contribution is 7.98. The van der Waals surface area contributed by atoms with E-state index in [1.165, 1.54) is 31.4 Å². The van der Waals surface area contributed by atoms with Gasteiger partial charge in [0.2, 0.25) is 5.91 Å². The molecular weight excluding hydrogens is 356 g/mol. The van der Waals surface area contributed by atoms with Gasteiger partial charge in [0.25, 0.3) is 0 Å². The third-order valence-corrected chi connectivity index (χ3v) is 5.62. The Balaban J connectivity index is 1.77. The third-order valence-electron chi connectivity index (χ3n) is 4.92. The van der Waals surface area contributed by atoms with E-state index in [9.17, 15) is 4.79 Å². The number of hydrogen-bond acceptors (Lipinski definition) is 3. The summed E-state index contributed by atoms with van der Waals surface area (Å²) in [6.07, 6.45) is 10.1. The molecule has 5 nitrogen and oxygen atoms in total. The molecule has 1 amide bonds. The molecule has 1 aromatic carbocycles. The summed E-state index contributed by atoms with van der Waals surface area (Å²) in [5, 5.41) is 9.78. The van der Waals surface area contributed by atoms with Crippen LogP contribution in [-0.4, -0.2) is 37.5 Å². The van der Waals surface area contributed by atoms with Crippen molar-refractivity contribution in [2.24, 2.45) is 10.9 Å². The first-order chi connectivity index (χ1) is 13.2. The van der Waals surface area contributed by atoms with Gasteiger partial charge in [0.1, 0.15) is 0 Å². The van der Waals surface area contributed by atoms with Gasteiger partial charge in [0.05, 0.1) is 0 Å². The Bertz CT molecular complexity index is 600. The molecule has 0 unspecified atom stereocenters. The first-order valence-corrected chi connectivity index (χ1v) is 11.5. The van der Waals surface area contributed by atoms with Crippen LogP contribution in [-0.2, 0) is 11.3 Å². The largest absolute Gasteiger partial charge is 0.356 e. The normalized spacial score (nSPS) is 15.4. The van der Waals surface area contributed by atoms with Crippen LogP contribution < -0.4 is 16.0 Å². The van der Waals surface area contributed by atoms with Crippen LogP contribution in [0.3, 0.4) is 0 Å². The molecule has 3 N–H and O–H groups in total. The Hall–Kier alpha value is -1.69. The van der Waals surface area contributed by atoms with Gasteiger partial charge in [-0.3, -0.25) is 9.79 Å². The highest BCUT2D eigenvalue weighted by atomic mass is 32.2. The molecule has 0 radical (unpaired) electrons. The van der Waals surface area contributed by atoms with Gasteiger partial charge in [0, 0.05) is 31.7 Å². The van der Waals surface area contributed by atoms with E-state index in [4.69, 9.17) is 0 Å². The van der Waals surface area contributed by atoms with Crippen molar-refractivity contribution < 1.29 is 4.79 Å². The lowest BCUT2D eigenvalue weighted by Crippen LogP contribution is -2.37. The molecule has 0 spiro atoms. The quantitative estimate of drug-likeness (QED) is 0.339. The maximum Gasteiger partial charge on any atom is 0.227 e. The minimum Gasteiger partial charge on any atom is -0.356 e. The number of carbonyl (C=O) groups is 1. The lowest BCUT2D eigenvalue weighted by atomic mass is 9.88. The topological polar surface area (TPSA) is 65.5 Å². The van der Waals surface area contributed by atoms with Crippen molar-refractivity contribution in [3.05, 3.63) is 29.8 Å². The van der Waals surface area contributed by atoms with Crippen LogP contribution >= 0.6 is 11.8 Å². The van der Waals surface area contributed by atoms with E-state index in [2.05, 4.69) is 33.3 Å². The summed E-state index contributed by atoms with van der Waals surface area (Å²) in [5.41, 5.74) is 2.01. The van der Waals surface area contributed by atoms with E-state index in [0.717, 1.165) is 43.0 Å². The number of guanidine groups is 1. The summed E-state index contributed by atoms with van der Waals surface area (Å²) in [5.74, 6) is 2.36. The molecule has 1 fully saturated rings. The Labute approximate surface area is 168 Å². The summed E-state index contributed by atoms with van der Waals surface area (Å²) in [4.78, 5) is 16.7. The molecule has 1 aliphatic carbocycles. The molecule has 0 aliphatic heterocycles. The molecule has 1 aliphatic rings. The number of nitrogens with one attached hydrogen (secondary N) is 3. The second-order valence-electron chi connectivity index (χ2n) is 7.08. The first kappa shape index (κ1) is 21.6. The molecular formula is C21H34N4OS. The molecule has 150 valence electrons. The van der Waals surface area contributed by atoms with Crippen LogP contribution in [0.1, 0.15) is 50.5 Å². The van der Waals surface area contributed by atoms with E-state index in [-0.39, 0.29) is 11.8 Å². The van der Waals surface area contributed by atoms with Crippen molar-refractivity contribution in [3.8, 4) is 0 Å². The Kier molecular flexibility index (Phi) is 10.1. The minimum atomic E-state index is 0.169. The van der Waals surface area contributed by atoms with Gasteiger partial charge >= 0.3 is 0 Å². The predicted octanol–water partition coefficient (Wildman–Crippen LogP) is 4.01. The number of amides is 1. The van der Waals surface area contributed by atoms with Gasteiger partial charge in [-0.1, -0.05) is 31.4 Å². The van der Waals surface area contributed by atoms with Crippen LogP contribution in [0, 0.1) is 5.92 Å². The number of rotatable bonds is 9. The van der Waals surface area contributed by atoms with E-state index in [1.54, 1.807) is 7.05 Å². The number of unbranched alkanes of at least 4 members (excludes halogenated alkanes) is 1. The fraction of sp³-hybridized carbons (Fsp3) is 0.619. The highest BCUT2D eigenvalue weighted by Crippen LogP contribution is 2.25. The fourth-order valence-corrected chi connectivity index (χ4v) is 3.85. The van der Waals surface area contributed by atoms with Crippen molar-refractivity contribution in [2.75, 3.05) is 30.9 Å². The lowest BCUT2D eigenvalue weighted by Gasteiger charge is -2.21. The monoisotopic (exact) mass is 390 g/mol. The Morgan fingerprint density at radius 1 is 1.19 bits per heavy atom. The van der Waals surface area contributed by atoms with Crippen LogP contribution in [0.4, 0.5) is 5.69 Å². The highest BCUT2D eigenvalue weighted by Gasteiger charge is 2.20. The van der Waals surface area contributed by atoms with Crippen molar-refractivity contribution in [2.45, 2.75) is 51.5 Å². The smallest absolute Gasteiger partial charge is 0.227 e. The van der Waals surface area contributed by atoms with Gasteiger partial charge in [0.15, 0.2) is 5.96 Å². The molecule has 1 aromatic rings. The predicted molar refractivity (Wildman–Crippen MR) is 117 cm³/mol. The third kappa shape index (κ3) is 8.24. The summed E-state index contributed by atoms with van der Waals surface area (Å²) in [6.45, 7) is 1.61. The summed E-state index contributed by atoms with van der Waals surface area (Å²) in [6, 6.07) is 8.06. The van der Waals surface area contributed by atoms with Gasteiger partial charge in [-0.25, -0.2) is 0 Å². The standard InChI is InChI=1S/C21H34N4OS/c1-22-21(23-13-6-7-14-27-2)24-16-17-9-8-12-19(15-17)25-20(26)18-10-4-3-5-11-18/h8-9,12,15,18H,3-7,10-11,13-14,16H2,1-2H3,(H,25,26)(H2,22,23,24). The zero-order chi connectivity index (χ0) is 19.3. The molecule has 0 atom stereocenters. The number of carbonyl (C=O) groups excluding carboxylic acids is 1. The Morgan fingerprint density at radius 3 is 2.74 bits per heavy atom. The summed E-state index contributed by atoms with van der Waals surface area (Å²) < 4.78 is 0. The van der Waals surface area contributed by atoms with E-state index in [1.807, 2.05) is 30.0 Å². The first-order valence-electron chi connectivity index (χ1n) is 10.1. The molecule has 2 rings (SSSR count). The minimum absolute atomic E-state index is 0.169. The van der Waals surface area contributed by atoms with E-state index < -0.39 is 0 Å². The fourth-order valence-electron chi connectivity index (χ4n) is 3.35. The second kappa shape index (κ2) is 12.7. The SMILES string of the molecule is CN=C(NCCCCSC)NCc1cccc(NC(=O)C2CCCCC2)c1. The Morgan fingerprint density at radius 2 is 2.00 bits per heavy atom. The number of benzene rings is 1. The van der Waals surface area contributed by atoms with Crippen LogP contribution in [0.25, 0.3) is 0 Å². The molecule has 1 saturated carbocycles. The lowest BCUT2D eigenvalue weighted by molar-refractivity contribution is -0.120. The van der Waals surface area contributed by atoms with Crippen LogP contribution in [0.5, 0.6) is 0 Å². The summed E-state index contributed by atoms with van der Waals surface area (Å²) in [7, 11) is 1.79. The zero-order valence-corrected chi connectivity index (χ0v) is 17.5. The molecule has 0 bridgehead atoms. The average Bonchev–Trinajstić information content (AvgIpc) is 2.71. The molecule has 0 aromatic heterocycles. The van der Waals surface area contributed by atoms with Crippen LogP contribution in [0.15, 0.2) is 29.3 Å². The number of nitrogens with zero attached hydrogens (tertiary/aromatic N) is 1. The maximum atomic E-state index is 12.4. The van der Waals surface area contributed by atoms with Crippen LogP contribution in [0.2, 0.25) is 0 Å². The van der Waals surface area contributed by atoms with Crippen molar-refractivity contribution in [1.29, 1.82) is 0 Å². The molecule has 0 saturated heterocycles. The van der Waals surface area contributed by atoms with Gasteiger partial charge in [-0.2, -0.15) is 11.8 Å². The summed E-state index contributed by atoms with van der Waals surface area (Å²) >= 11 is 1.88. The molecule has 27 heavy (non-hydrogen) atoms. The number of aliphatic imine (C=N–C) groups is 1. The van der Waals surface area contributed by atoms with Crippen molar-refractivity contribution >= 4 is 29.3 Å². The zero-order valence-electron chi connectivity index (χ0n) is 16.7. The number of thioether (sulfide) groups is 1. The van der Waals surface area contributed by atoms with E-state index >= 15 is 0 Å². The second-order valence-corrected chi connectivity index (χ2v) is 8.06. The van der Waals surface area contributed by atoms with Gasteiger partial charge < -0.3 is 16.0 Å². The average molecular weight is 391 g/mol. The number of hydrogen-bond donors (Lipinski definition) is 3. The number of anilines is 1.